The molecule has 0 saturated carbocycles. The predicted octanol–water partition coefficient (Wildman–Crippen LogP) is 3.55. The van der Waals surface area contributed by atoms with Crippen LogP contribution in [0.1, 0.15) is 31.0 Å². The molecule has 8 heteroatoms. The third kappa shape index (κ3) is 4.81. The highest BCUT2D eigenvalue weighted by atomic mass is 35.5. The number of phenols is 1. The molecule has 0 aromatic heterocycles. The van der Waals surface area contributed by atoms with E-state index in [0.29, 0.717) is 45.9 Å². The molecule has 0 bridgehead atoms. The molecule has 29 heavy (non-hydrogen) atoms. The molecule has 4 N–H and O–H groups in total. The van der Waals surface area contributed by atoms with E-state index >= 15 is 0 Å². The minimum atomic E-state index is -0.591. The normalized spacial score (nSPS) is 16.1. The Morgan fingerprint density at radius 3 is 2.72 bits per heavy atom. The number of allylic oxidation sites excluding steroid dienone is 1. The van der Waals surface area contributed by atoms with E-state index in [-0.39, 0.29) is 11.7 Å². The summed E-state index contributed by atoms with van der Waals surface area (Å²) in [5.74, 6) is -0.0197. The molecule has 3 rings (SSSR count). The Morgan fingerprint density at radius 2 is 2.03 bits per heavy atom. The maximum Gasteiger partial charge on any atom is 0.251 e. The first-order valence-corrected chi connectivity index (χ1v) is 9.95. The molecule has 1 aliphatic rings. The summed E-state index contributed by atoms with van der Waals surface area (Å²) in [7, 11) is 0. The second-order valence-electron chi connectivity index (χ2n) is 6.51. The quantitative estimate of drug-likeness (QED) is 0.523. The van der Waals surface area contributed by atoms with Crippen molar-refractivity contribution in [2.45, 2.75) is 26.4 Å². The smallest absolute Gasteiger partial charge is 0.251 e. The van der Waals surface area contributed by atoms with Gasteiger partial charge >= 0.3 is 0 Å². The van der Waals surface area contributed by atoms with Gasteiger partial charge in [0.05, 0.1) is 23.2 Å². The van der Waals surface area contributed by atoms with E-state index in [1.807, 2.05) is 37.3 Å². The molecule has 0 aliphatic carbocycles. The zero-order valence-electron chi connectivity index (χ0n) is 16.1. The maximum absolute atomic E-state index is 13.0. The largest absolute Gasteiger partial charge is 0.504 e. The van der Waals surface area contributed by atoms with Crippen LogP contribution in [0.4, 0.5) is 0 Å². The summed E-state index contributed by atoms with van der Waals surface area (Å²) >= 11 is 11.7. The SMILES string of the molecule is CCOc1cc([C@@H]2NC(=S)NC(C)=C2C(=O)NCc2ccccc2)c(Cl)cc1O. The maximum atomic E-state index is 13.0. The van der Waals surface area contributed by atoms with Gasteiger partial charge in [0.1, 0.15) is 0 Å². The van der Waals surface area contributed by atoms with Gasteiger partial charge in [-0.05, 0) is 37.7 Å². The molecule has 1 aliphatic heterocycles. The zero-order valence-corrected chi connectivity index (χ0v) is 17.7. The number of phenolic OH excluding ortho intramolecular Hbond substituents is 1. The number of hydrogen-bond acceptors (Lipinski definition) is 4. The number of rotatable bonds is 6. The summed E-state index contributed by atoms with van der Waals surface area (Å²) in [6, 6.07) is 12.1. The number of ether oxygens (including phenoxy) is 1. The number of halogens is 1. The monoisotopic (exact) mass is 431 g/mol. The van der Waals surface area contributed by atoms with Gasteiger partial charge < -0.3 is 25.8 Å². The minimum absolute atomic E-state index is 0.0621. The van der Waals surface area contributed by atoms with Crippen molar-refractivity contribution >= 4 is 34.8 Å². The van der Waals surface area contributed by atoms with Crippen LogP contribution >= 0.6 is 23.8 Å². The Hall–Kier alpha value is -2.77. The van der Waals surface area contributed by atoms with Crippen LogP contribution in [0.5, 0.6) is 11.5 Å². The highest BCUT2D eigenvalue weighted by Crippen LogP contribution is 2.38. The van der Waals surface area contributed by atoms with Crippen molar-refractivity contribution < 1.29 is 14.6 Å². The summed E-state index contributed by atoms with van der Waals surface area (Å²) in [5, 5.41) is 19.8. The van der Waals surface area contributed by atoms with E-state index in [1.165, 1.54) is 6.07 Å². The van der Waals surface area contributed by atoms with Crippen molar-refractivity contribution in [1.29, 1.82) is 0 Å². The number of benzene rings is 2. The van der Waals surface area contributed by atoms with E-state index < -0.39 is 6.04 Å². The van der Waals surface area contributed by atoms with E-state index in [2.05, 4.69) is 16.0 Å². The summed E-state index contributed by atoms with van der Waals surface area (Å²) in [6.07, 6.45) is 0. The fourth-order valence-corrected chi connectivity index (χ4v) is 3.69. The molecule has 1 atom stereocenters. The van der Waals surface area contributed by atoms with Gasteiger partial charge in [-0.2, -0.15) is 0 Å². The second kappa shape index (κ2) is 9.15. The van der Waals surface area contributed by atoms with E-state index in [9.17, 15) is 9.90 Å². The first-order chi connectivity index (χ1) is 13.9. The lowest BCUT2D eigenvalue weighted by molar-refractivity contribution is -0.118. The minimum Gasteiger partial charge on any atom is -0.504 e. The molecule has 0 fully saturated rings. The van der Waals surface area contributed by atoms with Crippen LogP contribution in [0.25, 0.3) is 0 Å². The van der Waals surface area contributed by atoms with Gasteiger partial charge in [-0.25, -0.2) is 0 Å². The lowest BCUT2D eigenvalue weighted by Crippen LogP contribution is -2.46. The number of aromatic hydroxyl groups is 1. The number of carbonyl (C=O) groups excluding carboxylic acids is 1. The fourth-order valence-electron chi connectivity index (χ4n) is 3.15. The standard InChI is InChI=1S/C21H22ClN3O3S/c1-3-28-17-9-14(15(22)10-16(17)26)19-18(12(2)24-21(29)25-19)20(27)23-11-13-7-5-4-6-8-13/h4-10,19,26H,3,11H2,1-2H3,(H,23,27)(H2,24,25,29)/t19-/m0/s1. The number of amides is 1. The van der Waals surface area contributed by atoms with Crippen LogP contribution in [-0.2, 0) is 11.3 Å². The van der Waals surface area contributed by atoms with Crippen LogP contribution in [-0.4, -0.2) is 22.7 Å². The van der Waals surface area contributed by atoms with Crippen molar-refractivity contribution in [3.63, 3.8) is 0 Å². The summed E-state index contributed by atoms with van der Waals surface area (Å²) in [6.45, 7) is 4.38. The van der Waals surface area contributed by atoms with Crippen molar-refractivity contribution in [3.8, 4) is 11.5 Å². The average molecular weight is 432 g/mol. The van der Waals surface area contributed by atoms with Crippen LogP contribution in [0, 0.1) is 0 Å². The van der Waals surface area contributed by atoms with Crippen molar-refractivity contribution in [2.75, 3.05) is 6.61 Å². The second-order valence-corrected chi connectivity index (χ2v) is 7.33. The molecule has 0 saturated heterocycles. The lowest BCUT2D eigenvalue weighted by Gasteiger charge is -2.31. The topological polar surface area (TPSA) is 82.6 Å². The van der Waals surface area contributed by atoms with Gasteiger partial charge in [0.2, 0.25) is 0 Å². The van der Waals surface area contributed by atoms with E-state index in [1.54, 1.807) is 13.0 Å². The van der Waals surface area contributed by atoms with Gasteiger partial charge in [-0.15, -0.1) is 0 Å². The van der Waals surface area contributed by atoms with Gasteiger partial charge in [0.15, 0.2) is 16.6 Å². The number of carbonyl (C=O) groups is 1. The Labute approximate surface area is 179 Å². The predicted molar refractivity (Wildman–Crippen MR) is 117 cm³/mol. The molecule has 0 unspecified atom stereocenters. The lowest BCUT2D eigenvalue weighted by atomic mass is 9.94. The molecular weight excluding hydrogens is 410 g/mol. The van der Waals surface area contributed by atoms with Gasteiger partial charge in [-0.3, -0.25) is 4.79 Å². The van der Waals surface area contributed by atoms with Crippen LogP contribution < -0.4 is 20.7 Å². The summed E-state index contributed by atoms with van der Waals surface area (Å²) < 4.78 is 5.48. The fraction of sp³-hybridized carbons (Fsp3) is 0.238. The van der Waals surface area contributed by atoms with E-state index in [0.717, 1.165) is 5.56 Å². The highest BCUT2D eigenvalue weighted by Gasteiger charge is 2.32. The van der Waals surface area contributed by atoms with Crippen molar-refractivity contribution in [3.05, 3.63) is 69.9 Å². The Balaban J connectivity index is 1.94. The average Bonchev–Trinajstić information content (AvgIpc) is 2.68. The first-order valence-electron chi connectivity index (χ1n) is 9.16. The summed E-state index contributed by atoms with van der Waals surface area (Å²) in [5.41, 5.74) is 2.67. The van der Waals surface area contributed by atoms with E-state index in [4.69, 9.17) is 28.6 Å². The van der Waals surface area contributed by atoms with Crippen molar-refractivity contribution in [1.82, 2.24) is 16.0 Å². The molecule has 2 aromatic rings. The molecule has 0 spiro atoms. The molecule has 1 heterocycles. The van der Waals surface area contributed by atoms with Gasteiger partial charge in [0.25, 0.3) is 5.91 Å². The zero-order chi connectivity index (χ0) is 21.0. The molecule has 152 valence electrons. The Kier molecular flexibility index (Phi) is 6.61. The van der Waals surface area contributed by atoms with Crippen LogP contribution in [0.2, 0.25) is 5.02 Å². The Morgan fingerprint density at radius 1 is 1.31 bits per heavy atom. The number of hydrogen-bond donors (Lipinski definition) is 4. The van der Waals surface area contributed by atoms with Gasteiger partial charge in [0, 0.05) is 23.9 Å². The van der Waals surface area contributed by atoms with Gasteiger partial charge in [-0.1, -0.05) is 41.9 Å². The number of nitrogens with one attached hydrogen (secondary N) is 3. The molecule has 0 radical (unpaired) electrons. The van der Waals surface area contributed by atoms with Crippen LogP contribution in [0.15, 0.2) is 53.7 Å². The molecule has 1 amide bonds. The molecule has 6 nitrogen and oxygen atoms in total. The molecular formula is C21H22ClN3O3S. The number of thiocarbonyl (C=S) groups is 1. The highest BCUT2D eigenvalue weighted by molar-refractivity contribution is 7.80. The van der Waals surface area contributed by atoms with Crippen molar-refractivity contribution in [2.24, 2.45) is 0 Å². The third-order valence-electron chi connectivity index (χ3n) is 4.50. The third-order valence-corrected chi connectivity index (χ3v) is 5.05. The van der Waals surface area contributed by atoms with Crippen LogP contribution in [0.3, 0.4) is 0 Å². The molecule has 2 aromatic carbocycles. The summed E-state index contributed by atoms with van der Waals surface area (Å²) in [4.78, 5) is 13.0. The Bertz CT molecular complexity index is 963. The first kappa shape index (κ1) is 21.0.